The molecule has 1 fully saturated rings. The van der Waals surface area contributed by atoms with Gasteiger partial charge in [-0.25, -0.2) is 0 Å². The largest absolute Gasteiger partial charge is 0.376 e. The van der Waals surface area contributed by atoms with E-state index < -0.39 is 6.29 Å². The fourth-order valence-corrected chi connectivity index (χ4v) is 1.38. The van der Waals surface area contributed by atoms with Crippen molar-refractivity contribution in [3.63, 3.8) is 0 Å². The lowest BCUT2D eigenvalue weighted by atomic mass is 10.1. The Morgan fingerprint density at radius 2 is 2.27 bits per heavy atom. The average Bonchev–Trinajstić information content (AvgIpc) is 1.95. The molecular weight excluding hydrogens is 144 g/mol. The number of hydrogen-bond donors (Lipinski definition) is 1. The fourth-order valence-electron chi connectivity index (χ4n) is 1.38. The number of rotatable bonds is 2. The van der Waals surface area contributed by atoms with Crippen LogP contribution in [0.5, 0.6) is 0 Å². The van der Waals surface area contributed by atoms with Crippen molar-refractivity contribution in [3.8, 4) is 0 Å². The highest BCUT2D eigenvalue weighted by Crippen LogP contribution is 2.20. The van der Waals surface area contributed by atoms with E-state index in [0.29, 0.717) is 13.0 Å². The number of aliphatic hydroxyl groups is 1. The molecule has 3 nitrogen and oxygen atoms in total. The first-order valence-corrected chi connectivity index (χ1v) is 4.19. The Morgan fingerprint density at radius 3 is 2.82 bits per heavy atom. The van der Waals surface area contributed by atoms with Gasteiger partial charge in [-0.2, -0.15) is 0 Å². The van der Waals surface area contributed by atoms with E-state index >= 15 is 0 Å². The van der Waals surface area contributed by atoms with Crippen molar-refractivity contribution in [2.24, 2.45) is 0 Å². The lowest BCUT2D eigenvalue weighted by Crippen LogP contribution is -2.38. The van der Waals surface area contributed by atoms with Gasteiger partial charge in [0.25, 0.3) is 0 Å². The van der Waals surface area contributed by atoms with Gasteiger partial charge in [-0.15, -0.1) is 0 Å². The Hall–Kier alpha value is -0.120. The summed E-state index contributed by atoms with van der Waals surface area (Å²) in [4.78, 5) is 0. The van der Waals surface area contributed by atoms with Gasteiger partial charge < -0.3 is 14.6 Å². The zero-order chi connectivity index (χ0) is 8.27. The van der Waals surface area contributed by atoms with Gasteiger partial charge in [0.1, 0.15) is 0 Å². The summed E-state index contributed by atoms with van der Waals surface area (Å²) < 4.78 is 10.6. The Balaban J connectivity index is 2.31. The predicted molar refractivity (Wildman–Crippen MR) is 41.2 cm³/mol. The first kappa shape index (κ1) is 8.97. The molecule has 1 aliphatic heterocycles. The molecule has 0 spiro atoms. The van der Waals surface area contributed by atoms with Crippen LogP contribution in [0.4, 0.5) is 0 Å². The minimum absolute atomic E-state index is 0.0266. The first-order chi connectivity index (χ1) is 5.24. The zero-order valence-corrected chi connectivity index (χ0v) is 7.12. The molecule has 0 saturated carbocycles. The van der Waals surface area contributed by atoms with E-state index in [1.165, 1.54) is 0 Å². The van der Waals surface area contributed by atoms with E-state index in [0.717, 1.165) is 6.42 Å². The molecule has 0 aromatic carbocycles. The first-order valence-electron chi connectivity index (χ1n) is 4.19. The molecule has 11 heavy (non-hydrogen) atoms. The molecule has 0 aromatic heterocycles. The van der Waals surface area contributed by atoms with Crippen LogP contribution in [0.2, 0.25) is 0 Å². The van der Waals surface area contributed by atoms with Gasteiger partial charge in [0.15, 0.2) is 6.29 Å². The molecule has 1 N–H and O–H groups in total. The Bertz CT molecular complexity index is 116. The Kier molecular flexibility index (Phi) is 3.30. The van der Waals surface area contributed by atoms with Crippen molar-refractivity contribution in [2.75, 3.05) is 6.61 Å². The standard InChI is InChI=1S/C8H16O3/c1-3-10-7-4-5-8(9)11-6(7)2/h6-9H,3-5H2,1-2H3/t6-,7+,8+/m1/s1. The maximum absolute atomic E-state index is 9.09. The number of aliphatic hydroxyl groups excluding tert-OH is 1. The summed E-state index contributed by atoms with van der Waals surface area (Å²) in [6.45, 7) is 4.62. The third-order valence-electron chi connectivity index (χ3n) is 1.97. The number of ether oxygens (including phenoxy) is 2. The van der Waals surface area contributed by atoms with Gasteiger partial charge in [-0.05, 0) is 20.3 Å². The fraction of sp³-hybridized carbons (Fsp3) is 1.00. The molecule has 1 aliphatic rings. The molecule has 0 unspecified atom stereocenters. The molecule has 0 amide bonds. The van der Waals surface area contributed by atoms with E-state index in [9.17, 15) is 0 Å². The van der Waals surface area contributed by atoms with Gasteiger partial charge in [-0.3, -0.25) is 0 Å². The average molecular weight is 160 g/mol. The SMILES string of the molecule is CCO[C@H]1CC[C@@H](O)O[C@@H]1C. The molecule has 66 valence electrons. The summed E-state index contributed by atoms with van der Waals surface area (Å²) in [6, 6.07) is 0. The van der Waals surface area contributed by atoms with Crippen LogP contribution in [0.1, 0.15) is 26.7 Å². The zero-order valence-electron chi connectivity index (χ0n) is 7.12. The second-order valence-corrected chi connectivity index (χ2v) is 2.87. The van der Waals surface area contributed by atoms with E-state index in [1.54, 1.807) is 0 Å². The van der Waals surface area contributed by atoms with Crippen LogP contribution < -0.4 is 0 Å². The lowest BCUT2D eigenvalue weighted by Gasteiger charge is -2.31. The Labute approximate surface area is 67.3 Å². The molecule has 0 bridgehead atoms. The summed E-state index contributed by atoms with van der Waals surface area (Å²) in [7, 11) is 0. The van der Waals surface area contributed by atoms with Crippen molar-refractivity contribution in [1.82, 2.24) is 0 Å². The second kappa shape index (κ2) is 4.04. The van der Waals surface area contributed by atoms with Crippen LogP contribution in [0.15, 0.2) is 0 Å². The highest BCUT2D eigenvalue weighted by molar-refractivity contribution is 4.72. The van der Waals surface area contributed by atoms with Gasteiger partial charge in [-0.1, -0.05) is 0 Å². The molecule has 3 atom stereocenters. The highest BCUT2D eigenvalue weighted by atomic mass is 16.6. The molecule has 0 aromatic rings. The molecule has 0 radical (unpaired) electrons. The lowest BCUT2D eigenvalue weighted by molar-refractivity contribution is -0.202. The number of hydrogen-bond acceptors (Lipinski definition) is 3. The molecule has 1 heterocycles. The topological polar surface area (TPSA) is 38.7 Å². The summed E-state index contributed by atoms with van der Waals surface area (Å²) >= 11 is 0. The van der Waals surface area contributed by atoms with Crippen molar-refractivity contribution in [1.29, 1.82) is 0 Å². The van der Waals surface area contributed by atoms with E-state index in [4.69, 9.17) is 14.6 Å². The van der Waals surface area contributed by atoms with Crippen LogP contribution in [0.25, 0.3) is 0 Å². The molecule has 3 heteroatoms. The van der Waals surface area contributed by atoms with Crippen LogP contribution in [0.3, 0.4) is 0 Å². The summed E-state index contributed by atoms with van der Waals surface area (Å²) in [6.07, 6.45) is 1.20. The normalized spacial score (nSPS) is 39.0. The van der Waals surface area contributed by atoms with Crippen molar-refractivity contribution >= 4 is 0 Å². The summed E-state index contributed by atoms with van der Waals surface area (Å²) in [5.41, 5.74) is 0. The smallest absolute Gasteiger partial charge is 0.155 e. The summed E-state index contributed by atoms with van der Waals surface area (Å²) in [5.74, 6) is 0. The van der Waals surface area contributed by atoms with Gasteiger partial charge in [0.05, 0.1) is 12.2 Å². The third-order valence-corrected chi connectivity index (χ3v) is 1.97. The minimum Gasteiger partial charge on any atom is -0.376 e. The van der Waals surface area contributed by atoms with Crippen LogP contribution in [-0.4, -0.2) is 30.2 Å². The predicted octanol–water partition coefficient (Wildman–Crippen LogP) is 0.909. The minimum atomic E-state index is -0.582. The van der Waals surface area contributed by atoms with Gasteiger partial charge >= 0.3 is 0 Å². The van der Waals surface area contributed by atoms with Crippen LogP contribution >= 0.6 is 0 Å². The quantitative estimate of drug-likeness (QED) is 0.652. The summed E-state index contributed by atoms with van der Waals surface area (Å²) in [5, 5.41) is 9.09. The van der Waals surface area contributed by atoms with E-state index in [-0.39, 0.29) is 12.2 Å². The van der Waals surface area contributed by atoms with Crippen LogP contribution in [0, 0.1) is 0 Å². The molecular formula is C8H16O3. The maximum atomic E-state index is 9.09. The Morgan fingerprint density at radius 1 is 1.55 bits per heavy atom. The van der Waals surface area contributed by atoms with Gasteiger partial charge in [0.2, 0.25) is 0 Å². The monoisotopic (exact) mass is 160 g/mol. The maximum Gasteiger partial charge on any atom is 0.155 e. The van der Waals surface area contributed by atoms with Crippen molar-refractivity contribution < 1.29 is 14.6 Å². The molecule has 1 rings (SSSR count). The third kappa shape index (κ3) is 2.43. The van der Waals surface area contributed by atoms with E-state index in [1.807, 2.05) is 13.8 Å². The second-order valence-electron chi connectivity index (χ2n) is 2.87. The highest BCUT2D eigenvalue weighted by Gasteiger charge is 2.26. The van der Waals surface area contributed by atoms with Crippen LogP contribution in [-0.2, 0) is 9.47 Å². The van der Waals surface area contributed by atoms with Crippen molar-refractivity contribution in [2.45, 2.75) is 45.2 Å². The van der Waals surface area contributed by atoms with Gasteiger partial charge in [0, 0.05) is 13.0 Å². The van der Waals surface area contributed by atoms with Crippen molar-refractivity contribution in [3.05, 3.63) is 0 Å². The molecule has 0 aliphatic carbocycles. The van der Waals surface area contributed by atoms with E-state index in [2.05, 4.69) is 0 Å². The molecule has 1 saturated heterocycles.